The fourth-order valence-electron chi connectivity index (χ4n) is 1.48. The van der Waals surface area contributed by atoms with Gasteiger partial charge in [0.2, 0.25) is 0 Å². The molecule has 2 aromatic rings. The van der Waals surface area contributed by atoms with Crippen molar-refractivity contribution in [3.8, 4) is 10.6 Å². The molecule has 0 saturated carbocycles. The van der Waals surface area contributed by atoms with Crippen LogP contribution in [-0.2, 0) is 6.54 Å². The van der Waals surface area contributed by atoms with Gasteiger partial charge >= 0.3 is 0 Å². The molecule has 0 fully saturated rings. The first-order valence-electron chi connectivity index (χ1n) is 5.60. The maximum absolute atomic E-state index is 5.56. The van der Waals surface area contributed by atoms with Crippen LogP contribution < -0.4 is 5.73 Å². The SMILES string of the molecule is CC(C)Sc1ccc(-c2nc(CN)cs2)cc1. The lowest BCUT2D eigenvalue weighted by atomic mass is 10.2. The summed E-state index contributed by atoms with van der Waals surface area (Å²) >= 11 is 3.52. The van der Waals surface area contributed by atoms with E-state index in [-0.39, 0.29) is 0 Å². The number of rotatable bonds is 4. The highest BCUT2D eigenvalue weighted by Crippen LogP contribution is 2.28. The van der Waals surface area contributed by atoms with Gasteiger partial charge in [-0.25, -0.2) is 4.98 Å². The molecular formula is C13H16N2S2. The van der Waals surface area contributed by atoms with Crippen LogP contribution in [0.3, 0.4) is 0 Å². The molecule has 2 N–H and O–H groups in total. The van der Waals surface area contributed by atoms with Crippen molar-refractivity contribution in [2.75, 3.05) is 0 Å². The summed E-state index contributed by atoms with van der Waals surface area (Å²) in [5.41, 5.74) is 7.69. The van der Waals surface area contributed by atoms with E-state index in [0.717, 1.165) is 10.7 Å². The zero-order valence-electron chi connectivity index (χ0n) is 10.0. The van der Waals surface area contributed by atoms with E-state index in [1.54, 1.807) is 11.3 Å². The molecule has 0 aliphatic rings. The minimum atomic E-state index is 0.512. The number of hydrogen-bond acceptors (Lipinski definition) is 4. The molecular weight excluding hydrogens is 248 g/mol. The standard InChI is InChI=1S/C13H16N2S2/c1-9(2)17-12-5-3-10(4-6-12)13-15-11(7-14)8-16-13/h3-6,8-9H,7,14H2,1-2H3. The average Bonchev–Trinajstić information content (AvgIpc) is 2.78. The van der Waals surface area contributed by atoms with Crippen molar-refractivity contribution in [2.24, 2.45) is 5.73 Å². The molecule has 0 aliphatic heterocycles. The topological polar surface area (TPSA) is 38.9 Å². The number of hydrogen-bond donors (Lipinski definition) is 1. The first-order valence-corrected chi connectivity index (χ1v) is 7.36. The Labute approximate surface area is 110 Å². The van der Waals surface area contributed by atoms with Crippen LogP contribution in [0.15, 0.2) is 34.5 Å². The summed E-state index contributed by atoms with van der Waals surface area (Å²) in [6.45, 7) is 4.91. The first-order chi connectivity index (χ1) is 8.19. The molecule has 2 nitrogen and oxygen atoms in total. The molecule has 1 aromatic heterocycles. The molecule has 0 bridgehead atoms. The third kappa shape index (κ3) is 3.31. The van der Waals surface area contributed by atoms with Gasteiger partial charge in [-0.05, 0) is 12.1 Å². The van der Waals surface area contributed by atoms with E-state index in [4.69, 9.17) is 5.73 Å². The predicted octanol–water partition coefficient (Wildman–Crippen LogP) is 3.77. The van der Waals surface area contributed by atoms with Gasteiger partial charge in [-0.2, -0.15) is 0 Å². The highest BCUT2D eigenvalue weighted by Gasteiger charge is 2.04. The summed E-state index contributed by atoms with van der Waals surface area (Å²) in [6, 6.07) is 8.57. The van der Waals surface area contributed by atoms with E-state index >= 15 is 0 Å². The summed E-state index contributed by atoms with van der Waals surface area (Å²) < 4.78 is 0. The molecule has 0 amide bonds. The van der Waals surface area contributed by atoms with Crippen molar-refractivity contribution in [1.29, 1.82) is 0 Å². The Morgan fingerprint density at radius 1 is 1.29 bits per heavy atom. The Bertz CT molecular complexity index is 474. The Balaban J connectivity index is 2.17. The number of nitrogens with two attached hydrogens (primary N) is 1. The number of benzene rings is 1. The van der Waals surface area contributed by atoms with Crippen LogP contribution in [0.4, 0.5) is 0 Å². The van der Waals surface area contributed by atoms with Crippen LogP contribution in [0.1, 0.15) is 19.5 Å². The Morgan fingerprint density at radius 2 is 2.00 bits per heavy atom. The van der Waals surface area contributed by atoms with E-state index in [2.05, 4.69) is 43.1 Å². The van der Waals surface area contributed by atoms with E-state index < -0.39 is 0 Å². The number of nitrogens with zero attached hydrogens (tertiary/aromatic N) is 1. The van der Waals surface area contributed by atoms with Gasteiger partial charge in [0.05, 0.1) is 5.69 Å². The lowest BCUT2D eigenvalue weighted by molar-refractivity contribution is 1.01. The largest absolute Gasteiger partial charge is 0.325 e. The van der Waals surface area contributed by atoms with Crippen molar-refractivity contribution in [1.82, 2.24) is 4.98 Å². The summed E-state index contributed by atoms with van der Waals surface area (Å²) in [5, 5.41) is 3.68. The third-order valence-electron chi connectivity index (χ3n) is 2.23. The molecule has 0 saturated heterocycles. The van der Waals surface area contributed by atoms with Crippen LogP contribution in [0.25, 0.3) is 10.6 Å². The number of aromatic nitrogens is 1. The van der Waals surface area contributed by atoms with Crippen molar-refractivity contribution >= 4 is 23.1 Å². The minimum absolute atomic E-state index is 0.512. The molecule has 2 rings (SSSR count). The minimum Gasteiger partial charge on any atom is -0.325 e. The highest BCUT2D eigenvalue weighted by molar-refractivity contribution is 7.99. The summed E-state index contributed by atoms with van der Waals surface area (Å²) in [5.74, 6) is 0. The van der Waals surface area contributed by atoms with Crippen LogP contribution >= 0.6 is 23.1 Å². The average molecular weight is 264 g/mol. The Morgan fingerprint density at radius 3 is 2.53 bits per heavy atom. The lowest BCUT2D eigenvalue weighted by Gasteiger charge is -2.04. The molecule has 90 valence electrons. The quantitative estimate of drug-likeness (QED) is 0.854. The van der Waals surface area contributed by atoms with Gasteiger partial charge in [-0.1, -0.05) is 26.0 Å². The molecule has 0 unspecified atom stereocenters. The van der Waals surface area contributed by atoms with Crippen LogP contribution in [0.2, 0.25) is 0 Å². The second-order valence-electron chi connectivity index (χ2n) is 4.04. The van der Waals surface area contributed by atoms with Crippen molar-refractivity contribution in [3.05, 3.63) is 35.3 Å². The van der Waals surface area contributed by atoms with E-state index in [0.29, 0.717) is 11.8 Å². The molecule has 0 radical (unpaired) electrons. The fraction of sp³-hybridized carbons (Fsp3) is 0.308. The highest BCUT2D eigenvalue weighted by atomic mass is 32.2. The molecule has 4 heteroatoms. The first kappa shape index (κ1) is 12.6. The zero-order chi connectivity index (χ0) is 12.3. The second kappa shape index (κ2) is 5.67. The monoisotopic (exact) mass is 264 g/mol. The molecule has 0 spiro atoms. The van der Waals surface area contributed by atoms with Crippen LogP contribution in [0, 0.1) is 0 Å². The van der Waals surface area contributed by atoms with Crippen LogP contribution in [-0.4, -0.2) is 10.2 Å². The summed E-state index contributed by atoms with van der Waals surface area (Å²) in [6.07, 6.45) is 0. The van der Waals surface area contributed by atoms with Gasteiger partial charge in [0.15, 0.2) is 0 Å². The normalized spacial score (nSPS) is 11.1. The Kier molecular flexibility index (Phi) is 4.20. The van der Waals surface area contributed by atoms with E-state index in [9.17, 15) is 0 Å². The molecule has 1 heterocycles. The molecule has 0 atom stereocenters. The summed E-state index contributed by atoms with van der Waals surface area (Å²) in [4.78, 5) is 5.78. The van der Waals surface area contributed by atoms with Crippen molar-refractivity contribution in [2.45, 2.75) is 30.5 Å². The number of thiazole rings is 1. The summed E-state index contributed by atoms with van der Waals surface area (Å²) in [7, 11) is 0. The van der Waals surface area contributed by atoms with Gasteiger partial charge in [0.1, 0.15) is 5.01 Å². The third-order valence-corrected chi connectivity index (χ3v) is 4.19. The second-order valence-corrected chi connectivity index (χ2v) is 6.55. The van der Waals surface area contributed by atoms with Gasteiger partial charge in [0.25, 0.3) is 0 Å². The van der Waals surface area contributed by atoms with Crippen LogP contribution in [0.5, 0.6) is 0 Å². The van der Waals surface area contributed by atoms with Gasteiger partial charge < -0.3 is 5.73 Å². The maximum Gasteiger partial charge on any atom is 0.123 e. The van der Waals surface area contributed by atoms with Gasteiger partial charge in [-0.15, -0.1) is 23.1 Å². The Hall–Kier alpha value is -0.840. The number of thioether (sulfide) groups is 1. The van der Waals surface area contributed by atoms with Crippen molar-refractivity contribution < 1.29 is 0 Å². The molecule has 1 aromatic carbocycles. The van der Waals surface area contributed by atoms with Gasteiger partial charge in [-0.3, -0.25) is 0 Å². The lowest BCUT2D eigenvalue weighted by Crippen LogP contribution is -1.95. The maximum atomic E-state index is 5.56. The molecule has 0 aliphatic carbocycles. The fourth-order valence-corrected chi connectivity index (χ4v) is 3.16. The smallest absolute Gasteiger partial charge is 0.123 e. The van der Waals surface area contributed by atoms with Crippen molar-refractivity contribution in [3.63, 3.8) is 0 Å². The molecule has 17 heavy (non-hydrogen) atoms. The predicted molar refractivity (Wildman–Crippen MR) is 76.4 cm³/mol. The zero-order valence-corrected chi connectivity index (χ0v) is 11.6. The van der Waals surface area contributed by atoms with E-state index in [1.165, 1.54) is 10.5 Å². The van der Waals surface area contributed by atoms with Gasteiger partial charge in [0, 0.05) is 27.6 Å². The van der Waals surface area contributed by atoms with E-state index in [1.807, 2.05) is 17.1 Å².